The lowest BCUT2D eigenvalue weighted by molar-refractivity contribution is 0.102. The van der Waals surface area contributed by atoms with Gasteiger partial charge in [-0.3, -0.25) is 4.79 Å². The molecule has 7 heteroatoms. The molecule has 26 heavy (non-hydrogen) atoms. The molecule has 0 radical (unpaired) electrons. The van der Waals surface area contributed by atoms with Crippen molar-refractivity contribution >= 4 is 28.5 Å². The van der Waals surface area contributed by atoms with Gasteiger partial charge in [0.1, 0.15) is 17.9 Å². The Balaban J connectivity index is 1.75. The number of rotatable bonds is 3. The number of hydrogen-bond acceptors (Lipinski definition) is 6. The number of carbonyl (C=O) groups excluding carboxylic acids is 1. The molecular formula is C19H20N4O3. The Labute approximate surface area is 151 Å². The van der Waals surface area contributed by atoms with Gasteiger partial charge < -0.3 is 19.4 Å². The third kappa shape index (κ3) is 3.01. The summed E-state index contributed by atoms with van der Waals surface area (Å²) < 4.78 is 11.2. The zero-order valence-corrected chi connectivity index (χ0v) is 14.8. The SMILES string of the molecule is Cc1ccc(NC(=O)c2c(C)oc3ncnc(N4CCOCC4)c23)cc1. The Morgan fingerprint density at radius 3 is 2.58 bits per heavy atom. The minimum atomic E-state index is -0.227. The molecule has 0 unspecified atom stereocenters. The summed E-state index contributed by atoms with van der Waals surface area (Å²) in [6.07, 6.45) is 1.47. The zero-order valence-electron chi connectivity index (χ0n) is 14.8. The first kappa shape index (κ1) is 16.5. The van der Waals surface area contributed by atoms with E-state index in [1.807, 2.05) is 31.2 Å². The van der Waals surface area contributed by atoms with Crippen LogP contribution in [0.3, 0.4) is 0 Å². The number of anilines is 2. The van der Waals surface area contributed by atoms with Crippen LogP contribution in [0.4, 0.5) is 11.5 Å². The highest BCUT2D eigenvalue weighted by Crippen LogP contribution is 2.32. The molecule has 0 bridgehead atoms. The molecule has 1 N–H and O–H groups in total. The minimum absolute atomic E-state index is 0.227. The van der Waals surface area contributed by atoms with Crippen molar-refractivity contribution in [2.75, 3.05) is 36.5 Å². The molecule has 3 aromatic rings. The average molecular weight is 352 g/mol. The van der Waals surface area contributed by atoms with Crippen molar-refractivity contribution in [3.8, 4) is 0 Å². The molecule has 7 nitrogen and oxygen atoms in total. The molecule has 4 rings (SSSR count). The lowest BCUT2D eigenvalue weighted by Gasteiger charge is -2.28. The van der Waals surface area contributed by atoms with Crippen LogP contribution in [0.1, 0.15) is 21.7 Å². The normalized spacial score (nSPS) is 14.6. The van der Waals surface area contributed by atoms with Crippen molar-refractivity contribution < 1.29 is 13.9 Å². The molecule has 1 aliphatic rings. The Morgan fingerprint density at radius 1 is 1.12 bits per heavy atom. The van der Waals surface area contributed by atoms with Crippen LogP contribution >= 0.6 is 0 Å². The first-order chi connectivity index (χ1) is 12.6. The maximum atomic E-state index is 13.0. The largest absolute Gasteiger partial charge is 0.442 e. The van der Waals surface area contributed by atoms with Crippen molar-refractivity contribution in [1.29, 1.82) is 0 Å². The van der Waals surface area contributed by atoms with Crippen molar-refractivity contribution in [2.45, 2.75) is 13.8 Å². The monoisotopic (exact) mass is 352 g/mol. The van der Waals surface area contributed by atoms with Crippen LogP contribution in [-0.2, 0) is 4.74 Å². The number of hydrogen-bond donors (Lipinski definition) is 1. The molecule has 1 fully saturated rings. The van der Waals surface area contributed by atoms with Gasteiger partial charge in [0, 0.05) is 18.8 Å². The van der Waals surface area contributed by atoms with E-state index in [0.717, 1.165) is 24.3 Å². The molecular weight excluding hydrogens is 332 g/mol. The van der Waals surface area contributed by atoms with Gasteiger partial charge in [-0.2, -0.15) is 0 Å². The number of fused-ring (bicyclic) bond motifs is 1. The van der Waals surface area contributed by atoms with Crippen molar-refractivity contribution in [3.05, 3.63) is 47.5 Å². The highest BCUT2D eigenvalue weighted by Gasteiger charge is 2.26. The van der Waals surface area contributed by atoms with Crippen molar-refractivity contribution in [2.24, 2.45) is 0 Å². The molecule has 0 spiro atoms. The summed E-state index contributed by atoms with van der Waals surface area (Å²) >= 11 is 0. The number of morpholine rings is 1. The van der Waals surface area contributed by atoms with Crippen LogP contribution in [0, 0.1) is 13.8 Å². The second kappa shape index (κ2) is 6.76. The highest BCUT2D eigenvalue weighted by atomic mass is 16.5. The van der Waals surface area contributed by atoms with E-state index in [2.05, 4.69) is 20.2 Å². The molecule has 3 heterocycles. The Morgan fingerprint density at radius 2 is 1.85 bits per heavy atom. The maximum Gasteiger partial charge on any atom is 0.260 e. The van der Waals surface area contributed by atoms with E-state index in [9.17, 15) is 4.79 Å². The second-order valence-corrected chi connectivity index (χ2v) is 6.33. The van der Waals surface area contributed by atoms with Gasteiger partial charge in [-0.1, -0.05) is 17.7 Å². The molecule has 1 aromatic carbocycles. The summed E-state index contributed by atoms with van der Waals surface area (Å²) in [5, 5.41) is 3.59. The molecule has 134 valence electrons. The van der Waals surface area contributed by atoms with Crippen LogP contribution in [0.25, 0.3) is 11.1 Å². The van der Waals surface area contributed by atoms with Gasteiger partial charge >= 0.3 is 0 Å². The van der Waals surface area contributed by atoms with E-state index in [0.29, 0.717) is 41.5 Å². The number of nitrogens with zero attached hydrogens (tertiary/aromatic N) is 3. The van der Waals surface area contributed by atoms with E-state index in [1.165, 1.54) is 6.33 Å². The fourth-order valence-electron chi connectivity index (χ4n) is 3.15. The number of aromatic nitrogens is 2. The number of ether oxygens (including phenoxy) is 1. The quantitative estimate of drug-likeness (QED) is 0.781. The number of nitrogens with one attached hydrogen (secondary N) is 1. The predicted octanol–water partition coefficient (Wildman–Crippen LogP) is 2.93. The Kier molecular flexibility index (Phi) is 4.30. The van der Waals surface area contributed by atoms with Gasteiger partial charge in [0.2, 0.25) is 5.71 Å². The summed E-state index contributed by atoms with van der Waals surface area (Å²) in [6.45, 7) is 6.48. The first-order valence-electron chi connectivity index (χ1n) is 8.58. The third-order valence-corrected chi connectivity index (χ3v) is 4.49. The Bertz CT molecular complexity index is 943. The fraction of sp³-hybridized carbons (Fsp3) is 0.316. The Hall–Kier alpha value is -2.93. The molecule has 1 amide bonds. The number of furan rings is 1. The van der Waals surface area contributed by atoms with Gasteiger partial charge in [0.05, 0.1) is 24.2 Å². The van der Waals surface area contributed by atoms with Crippen LogP contribution in [0.2, 0.25) is 0 Å². The summed E-state index contributed by atoms with van der Waals surface area (Å²) in [5.41, 5.74) is 2.77. The number of benzene rings is 1. The predicted molar refractivity (Wildman–Crippen MR) is 98.7 cm³/mol. The fourth-order valence-corrected chi connectivity index (χ4v) is 3.15. The number of aryl methyl sites for hydroxylation is 2. The zero-order chi connectivity index (χ0) is 18.1. The van der Waals surface area contributed by atoms with E-state index < -0.39 is 0 Å². The lowest BCUT2D eigenvalue weighted by Crippen LogP contribution is -2.37. The van der Waals surface area contributed by atoms with Gasteiger partial charge in [-0.05, 0) is 26.0 Å². The van der Waals surface area contributed by atoms with Crippen LogP contribution in [0.5, 0.6) is 0 Å². The number of carbonyl (C=O) groups is 1. The molecule has 0 atom stereocenters. The topological polar surface area (TPSA) is 80.5 Å². The van der Waals surface area contributed by atoms with Gasteiger partial charge in [-0.25, -0.2) is 9.97 Å². The van der Waals surface area contributed by atoms with Crippen molar-refractivity contribution in [3.63, 3.8) is 0 Å². The standard InChI is InChI=1S/C19H20N4O3/c1-12-3-5-14(6-4-12)22-18(24)15-13(2)26-19-16(15)17(20-11-21-19)23-7-9-25-10-8-23/h3-6,11H,7-10H2,1-2H3,(H,22,24). The smallest absolute Gasteiger partial charge is 0.260 e. The summed E-state index contributed by atoms with van der Waals surface area (Å²) in [7, 11) is 0. The summed E-state index contributed by atoms with van der Waals surface area (Å²) in [4.78, 5) is 23.7. The van der Waals surface area contributed by atoms with E-state index >= 15 is 0 Å². The first-order valence-corrected chi connectivity index (χ1v) is 8.58. The molecule has 1 saturated heterocycles. The van der Waals surface area contributed by atoms with Gasteiger partial charge in [0.25, 0.3) is 5.91 Å². The highest BCUT2D eigenvalue weighted by molar-refractivity contribution is 6.15. The van der Waals surface area contributed by atoms with Crippen LogP contribution < -0.4 is 10.2 Å². The third-order valence-electron chi connectivity index (χ3n) is 4.49. The van der Waals surface area contributed by atoms with Gasteiger partial charge in [-0.15, -0.1) is 0 Å². The van der Waals surface area contributed by atoms with Crippen LogP contribution in [-0.4, -0.2) is 42.2 Å². The summed E-state index contributed by atoms with van der Waals surface area (Å²) in [6, 6.07) is 7.67. The second-order valence-electron chi connectivity index (χ2n) is 6.33. The summed E-state index contributed by atoms with van der Waals surface area (Å²) in [5.74, 6) is 1.01. The van der Waals surface area contributed by atoms with Crippen molar-refractivity contribution in [1.82, 2.24) is 9.97 Å². The van der Waals surface area contributed by atoms with E-state index in [1.54, 1.807) is 6.92 Å². The van der Waals surface area contributed by atoms with E-state index in [4.69, 9.17) is 9.15 Å². The molecule has 0 saturated carbocycles. The van der Waals surface area contributed by atoms with Gasteiger partial charge in [0.15, 0.2) is 0 Å². The molecule has 2 aromatic heterocycles. The average Bonchev–Trinajstić information content (AvgIpc) is 3.00. The molecule has 1 aliphatic heterocycles. The van der Waals surface area contributed by atoms with E-state index in [-0.39, 0.29) is 5.91 Å². The molecule has 0 aliphatic carbocycles. The lowest BCUT2D eigenvalue weighted by atomic mass is 10.1. The van der Waals surface area contributed by atoms with Crippen LogP contribution in [0.15, 0.2) is 35.0 Å². The maximum absolute atomic E-state index is 13.0. The minimum Gasteiger partial charge on any atom is -0.442 e. The number of amides is 1.